The minimum absolute atomic E-state index is 0.103. The van der Waals surface area contributed by atoms with Crippen molar-refractivity contribution in [3.63, 3.8) is 0 Å². The molecule has 1 amide bonds. The van der Waals surface area contributed by atoms with Crippen LogP contribution in [0.4, 0.5) is 18.9 Å². The Morgan fingerprint density at radius 3 is 2.64 bits per heavy atom. The maximum atomic E-state index is 13.5. The Morgan fingerprint density at radius 1 is 1.08 bits per heavy atom. The number of hydrogen-bond acceptors (Lipinski definition) is 4. The summed E-state index contributed by atoms with van der Waals surface area (Å²) in [7, 11) is 0. The number of hydrogen-bond donors (Lipinski definition) is 1. The maximum absolute atomic E-state index is 13.5. The molecule has 0 aliphatic carbocycles. The van der Waals surface area contributed by atoms with Crippen molar-refractivity contribution in [1.82, 2.24) is 15.0 Å². The molecule has 0 atom stereocenters. The molecule has 0 aliphatic heterocycles. The fraction of sp³-hybridized carbons (Fsp3) is 0.125. The van der Waals surface area contributed by atoms with Crippen molar-refractivity contribution in [3.05, 3.63) is 64.2 Å². The summed E-state index contributed by atoms with van der Waals surface area (Å²) in [6, 6.07) is 8.21. The molecule has 0 fully saturated rings. The number of carbonyl (C=O) groups is 1. The van der Waals surface area contributed by atoms with Gasteiger partial charge in [-0.2, -0.15) is 0 Å². The second-order valence-corrected chi connectivity index (χ2v) is 5.16. The van der Waals surface area contributed by atoms with Gasteiger partial charge in [0.2, 0.25) is 5.91 Å². The molecule has 9 heteroatoms. The summed E-state index contributed by atoms with van der Waals surface area (Å²) in [5, 5.41) is 10.1. The third kappa shape index (κ3) is 3.35. The van der Waals surface area contributed by atoms with Gasteiger partial charge in [-0.3, -0.25) is 9.59 Å². The molecule has 0 radical (unpaired) electrons. The second kappa shape index (κ2) is 6.71. The molecular weight excluding hydrogens is 337 g/mol. The molecule has 1 N–H and O–H groups in total. The first kappa shape index (κ1) is 16.6. The summed E-state index contributed by atoms with van der Waals surface area (Å²) in [5.74, 6) is -5.20. The molecule has 0 saturated heterocycles. The van der Waals surface area contributed by atoms with Crippen LogP contribution in [0.3, 0.4) is 0 Å². The Labute approximate surface area is 138 Å². The monoisotopic (exact) mass is 348 g/mol. The Bertz CT molecular complexity index is 1020. The first-order valence-electron chi connectivity index (χ1n) is 7.23. The van der Waals surface area contributed by atoms with Gasteiger partial charge in [0, 0.05) is 6.42 Å². The number of carbonyl (C=O) groups excluding carboxylic acids is 1. The van der Waals surface area contributed by atoms with Gasteiger partial charge >= 0.3 is 0 Å². The molecular formula is C16H11F3N4O2. The summed E-state index contributed by atoms with van der Waals surface area (Å²) in [5.41, 5.74) is -0.477. The first-order chi connectivity index (χ1) is 12.0. The van der Waals surface area contributed by atoms with Gasteiger partial charge in [0.1, 0.15) is 5.52 Å². The number of benzene rings is 2. The molecule has 2 aromatic carbocycles. The zero-order valence-electron chi connectivity index (χ0n) is 12.7. The Kier molecular flexibility index (Phi) is 4.46. The third-order valence-corrected chi connectivity index (χ3v) is 3.49. The van der Waals surface area contributed by atoms with Crippen LogP contribution in [-0.4, -0.2) is 20.9 Å². The van der Waals surface area contributed by atoms with Crippen molar-refractivity contribution in [2.75, 3.05) is 5.32 Å². The van der Waals surface area contributed by atoms with Crippen LogP contribution in [0.1, 0.15) is 6.42 Å². The van der Waals surface area contributed by atoms with Crippen LogP contribution >= 0.6 is 0 Å². The van der Waals surface area contributed by atoms with E-state index in [2.05, 4.69) is 15.6 Å². The van der Waals surface area contributed by atoms with Gasteiger partial charge in [-0.05, 0) is 24.3 Å². The lowest BCUT2D eigenvalue weighted by molar-refractivity contribution is -0.116. The van der Waals surface area contributed by atoms with Gasteiger partial charge in [0.25, 0.3) is 5.56 Å². The second-order valence-electron chi connectivity index (χ2n) is 5.16. The molecule has 0 unspecified atom stereocenters. The highest BCUT2D eigenvalue weighted by Gasteiger charge is 2.15. The van der Waals surface area contributed by atoms with Gasteiger partial charge in [0.15, 0.2) is 17.5 Å². The van der Waals surface area contributed by atoms with Gasteiger partial charge in [-0.1, -0.05) is 17.3 Å². The van der Waals surface area contributed by atoms with Crippen LogP contribution in [0.25, 0.3) is 10.9 Å². The molecule has 1 aromatic heterocycles. The van der Waals surface area contributed by atoms with Crippen LogP contribution in [0.15, 0.2) is 41.2 Å². The summed E-state index contributed by atoms with van der Waals surface area (Å²) < 4.78 is 40.5. The van der Waals surface area contributed by atoms with Crippen molar-refractivity contribution in [2.24, 2.45) is 0 Å². The van der Waals surface area contributed by atoms with Gasteiger partial charge in [-0.25, -0.2) is 17.9 Å². The summed E-state index contributed by atoms with van der Waals surface area (Å²) in [6.45, 7) is -0.103. The Balaban J connectivity index is 1.72. The highest BCUT2D eigenvalue weighted by atomic mass is 19.2. The Hall–Kier alpha value is -3.23. The molecule has 25 heavy (non-hydrogen) atoms. The minimum atomic E-state index is -1.67. The average Bonchev–Trinajstić information content (AvgIpc) is 2.62. The fourth-order valence-electron chi connectivity index (χ4n) is 2.21. The number of nitrogens with zero attached hydrogens (tertiary/aromatic N) is 3. The van der Waals surface area contributed by atoms with Crippen molar-refractivity contribution in [3.8, 4) is 0 Å². The number of rotatable bonds is 4. The van der Waals surface area contributed by atoms with Gasteiger partial charge in [0.05, 0.1) is 17.6 Å². The first-order valence-corrected chi connectivity index (χ1v) is 7.23. The third-order valence-electron chi connectivity index (χ3n) is 3.49. The van der Waals surface area contributed by atoms with Crippen molar-refractivity contribution in [2.45, 2.75) is 13.0 Å². The Morgan fingerprint density at radius 2 is 1.84 bits per heavy atom. The largest absolute Gasteiger partial charge is 0.323 e. The highest BCUT2D eigenvalue weighted by molar-refractivity contribution is 5.90. The molecule has 0 spiro atoms. The van der Waals surface area contributed by atoms with Crippen molar-refractivity contribution >= 4 is 22.5 Å². The molecule has 0 bridgehead atoms. The van der Waals surface area contributed by atoms with Crippen LogP contribution < -0.4 is 10.9 Å². The molecule has 128 valence electrons. The van der Waals surface area contributed by atoms with Crippen molar-refractivity contribution in [1.29, 1.82) is 0 Å². The van der Waals surface area contributed by atoms with Crippen molar-refractivity contribution < 1.29 is 18.0 Å². The van der Waals surface area contributed by atoms with E-state index in [9.17, 15) is 22.8 Å². The highest BCUT2D eigenvalue weighted by Crippen LogP contribution is 2.19. The van der Waals surface area contributed by atoms with Gasteiger partial charge < -0.3 is 5.32 Å². The SMILES string of the molecule is O=C(CCn1nnc2ccccc2c1=O)Nc1ccc(F)c(F)c1F. The van der Waals surface area contributed by atoms with Crippen LogP contribution in [0, 0.1) is 17.5 Å². The number of nitrogens with one attached hydrogen (secondary N) is 1. The topological polar surface area (TPSA) is 76.9 Å². The van der Waals surface area contributed by atoms with E-state index in [1.165, 1.54) is 0 Å². The normalized spacial score (nSPS) is 10.8. The van der Waals surface area contributed by atoms with E-state index >= 15 is 0 Å². The fourth-order valence-corrected chi connectivity index (χ4v) is 2.21. The minimum Gasteiger partial charge on any atom is -0.323 e. The predicted molar refractivity (Wildman–Crippen MR) is 83.4 cm³/mol. The number of anilines is 1. The maximum Gasteiger partial charge on any atom is 0.277 e. The standard InChI is InChI=1S/C16H11F3N4O2/c17-10-5-6-12(15(19)14(10)18)20-13(24)7-8-23-16(25)9-3-1-2-4-11(9)21-22-23/h1-6H,7-8H2,(H,20,24). The number of aryl methyl sites for hydroxylation is 1. The van der Waals surface area contributed by atoms with E-state index < -0.39 is 34.6 Å². The zero-order chi connectivity index (χ0) is 18.0. The molecule has 3 rings (SSSR count). The average molecular weight is 348 g/mol. The number of aromatic nitrogens is 3. The predicted octanol–water partition coefficient (Wildman–Crippen LogP) is 2.24. The van der Waals surface area contributed by atoms with E-state index in [0.29, 0.717) is 17.0 Å². The number of halogens is 3. The summed E-state index contributed by atoms with van der Waals surface area (Å²) in [6.07, 6.45) is -0.231. The lowest BCUT2D eigenvalue weighted by Crippen LogP contribution is -2.26. The smallest absolute Gasteiger partial charge is 0.277 e. The van der Waals surface area contributed by atoms with E-state index in [0.717, 1.165) is 10.7 Å². The molecule has 3 aromatic rings. The molecule has 1 heterocycles. The van der Waals surface area contributed by atoms with E-state index in [-0.39, 0.29) is 13.0 Å². The van der Waals surface area contributed by atoms with Crippen LogP contribution in [-0.2, 0) is 11.3 Å². The van der Waals surface area contributed by atoms with Crippen LogP contribution in [0.5, 0.6) is 0 Å². The summed E-state index contributed by atoms with van der Waals surface area (Å²) >= 11 is 0. The lowest BCUT2D eigenvalue weighted by atomic mass is 10.2. The number of fused-ring (bicyclic) bond motifs is 1. The quantitative estimate of drug-likeness (QED) is 0.734. The molecule has 6 nitrogen and oxygen atoms in total. The summed E-state index contributed by atoms with van der Waals surface area (Å²) in [4.78, 5) is 24.1. The van der Waals surface area contributed by atoms with E-state index in [1.807, 2.05) is 0 Å². The lowest BCUT2D eigenvalue weighted by Gasteiger charge is -2.08. The van der Waals surface area contributed by atoms with Gasteiger partial charge in [-0.15, -0.1) is 5.10 Å². The molecule has 0 aliphatic rings. The van der Waals surface area contributed by atoms with E-state index in [4.69, 9.17) is 0 Å². The zero-order valence-corrected chi connectivity index (χ0v) is 12.7. The number of amides is 1. The molecule has 0 saturated carbocycles. The van der Waals surface area contributed by atoms with Crippen LogP contribution in [0.2, 0.25) is 0 Å². The van der Waals surface area contributed by atoms with E-state index in [1.54, 1.807) is 24.3 Å².